The van der Waals surface area contributed by atoms with E-state index in [1.165, 1.54) is 0 Å². The fraction of sp³-hybridized carbons (Fsp3) is 0.476. The summed E-state index contributed by atoms with van der Waals surface area (Å²) in [5, 5.41) is 6.73. The lowest BCUT2D eigenvalue weighted by Crippen LogP contribution is -2.40. The van der Waals surface area contributed by atoms with Gasteiger partial charge in [0.05, 0.1) is 24.3 Å². The Bertz CT molecular complexity index is 1090. The molecule has 0 saturated heterocycles. The first kappa shape index (κ1) is 27.9. The van der Waals surface area contributed by atoms with Gasteiger partial charge < -0.3 is 4.43 Å². The topological polar surface area (TPSA) is 57.0 Å². The first-order valence-corrected chi connectivity index (χ1v) is 13.2. The highest BCUT2D eigenvalue weighted by Gasteiger charge is 2.38. The molecule has 5 nitrogen and oxygen atoms in total. The van der Waals surface area contributed by atoms with Crippen LogP contribution in [-0.2, 0) is 23.3 Å². The molecule has 0 radical (unpaired) electrons. The van der Waals surface area contributed by atoms with E-state index in [4.69, 9.17) is 16.0 Å². The van der Waals surface area contributed by atoms with Gasteiger partial charge >= 0.3 is 12.4 Å². The molecular weight excluding hydrogens is 504 g/mol. The molecule has 0 spiro atoms. The van der Waals surface area contributed by atoms with E-state index in [0.717, 1.165) is 4.68 Å². The minimum atomic E-state index is -4.99. The van der Waals surface area contributed by atoms with E-state index in [0.29, 0.717) is 12.1 Å². The van der Waals surface area contributed by atoms with Crippen molar-refractivity contribution in [2.24, 2.45) is 0 Å². The second-order valence-electron chi connectivity index (χ2n) is 8.98. The zero-order valence-corrected chi connectivity index (χ0v) is 20.7. The van der Waals surface area contributed by atoms with Crippen molar-refractivity contribution in [3.05, 3.63) is 45.7 Å². The van der Waals surface area contributed by atoms with Crippen molar-refractivity contribution in [3.8, 4) is 11.8 Å². The maximum Gasteiger partial charge on any atom is 0.416 e. The molecule has 0 aliphatic carbocycles. The number of aromatic nitrogens is 3. The Morgan fingerprint density at radius 2 is 1.59 bits per heavy atom. The number of halogens is 7. The molecule has 0 aliphatic heterocycles. The van der Waals surface area contributed by atoms with Gasteiger partial charge in [0.1, 0.15) is 0 Å². The third-order valence-corrected chi connectivity index (χ3v) is 10.2. The van der Waals surface area contributed by atoms with Crippen LogP contribution in [0, 0.1) is 11.8 Å². The van der Waals surface area contributed by atoms with Crippen LogP contribution in [0.4, 0.5) is 26.3 Å². The summed E-state index contributed by atoms with van der Waals surface area (Å²) in [6.45, 7) is 9.56. The predicted molar refractivity (Wildman–Crippen MR) is 116 cm³/mol. The SMILES string of the molecule is CC(C)(C)[Si](C)(C)OCC#CC(=O)c1nnn(Cc2cc(C(F)(F)F)cc(C(F)(F)F)c2)c1Cl. The minimum absolute atomic E-state index is 0.00155. The molecule has 0 N–H and O–H groups in total. The average molecular weight is 526 g/mol. The lowest BCUT2D eigenvalue weighted by Gasteiger charge is -2.35. The second-order valence-corrected chi connectivity index (χ2v) is 14.1. The van der Waals surface area contributed by atoms with Crippen molar-refractivity contribution < 1.29 is 35.6 Å². The summed E-state index contributed by atoms with van der Waals surface area (Å²) >= 11 is 6.05. The second kappa shape index (κ2) is 9.71. The molecule has 0 bridgehead atoms. The molecule has 186 valence electrons. The summed E-state index contributed by atoms with van der Waals surface area (Å²) in [6.07, 6.45) is -9.99. The number of Topliss-reactive ketones (excluding diaryl/α,β-unsaturated/α-hetero) is 1. The number of rotatable bonds is 5. The maximum atomic E-state index is 13.1. The number of hydrogen-bond donors (Lipinski definition) is 0. The van der Waals surface area contributed by atoms with Gasteiger partial charge in [0.25, 0.3) is 5.78 Å². The van der Waals surface area contributed by atoms with Crippen molar-refractivity contribution in [2.75, 3.05) is 6.61 Å². The Labute approximate surface area is 198 Å². The van der Waals surface area contributed by atoms with Crippen molar-refractivity contribution in [1.29, 1.82) is 0 Å². The van der Waals surface area contributed by atoms with Gasteiger partial charge in [-0.3, -0.25) is 4.79 Å². The first-order chi connectivity index (χ1) is 15.3. The molecule has 34 heavy (non-hydrogen) atoms. The number of benzene rings is 1. The monoisotopic (exact) mass is 525 g/mol. The van der Waals surface area contributed by atoms with Crippen LogP contribution in [0.3, 0.4) is 0 Å². The molecule has 13 heteroatoms. The molecule has 1 aromatic heterocycles. The van der Waals surface area contributed by atoms with E-state index < -0.39 is 44.1 Å². The van der Waals surface area contributed by atoms with Crippen LogP contribution in [0.25, 0.3) is 0 Å². The Morgan fingerprint density at radius 1 is 1.06 bits per heavy atom. The average Bonchev–Trinajstić information content (AvgIpc) is 3.03. The third-order valence-electron chi connectivity index (χ3n) is 5.38. The molecule has 2 rings (SSSR count). The fourth-order valence-electron chi connectivity index (χ4n) is 2.43. The van der Waals surface area contributed by atoms with Crippen molar-refractivity contribution in [2.45, 2.75) is 57.8 Å². The van der Waals surface area contributed by atoms with Crippen LogP contribution in [0.5, 0.6) is 0 Å². The highest BCUT2D eigenvalue weighted by atomic mass is 35.5. The lowest BCUT2D eigenvalue weighted by molar-refractivity contribution is -0.143. The van der Waals surface area contributed by atoms with E-state index in [9.17, 15) is 31.1 Å². The molecule has 0 fully saturated rings. The van der Waals surface area contributed by atoms with Crippen molar-refractivity contribution >= 4 is 25.7 Å². The predicted octanol–water partition coefficient (Wildman–Crippen LogP) is 6.23. The van der Waals surface area contributed by atoms with Gasteiger partial charge in [-0.1, -0.05) is 43.5 Å². The number of carbonyl (C=O) groups excluding carboxylic acids is 1. The molecule has 0 atom stereocenters. The quantitative estimate of drug-likeness (QED) is 0.153. The smallest absolute Gasteiger partial charge is 0.406 e. The largest absolute Gasteiger partial charge is 0.416 e. The van der Waals surface area contributed by atoms with Crippen molar-refractivity contribution in [3.63, 3.8) is 0 Å². The number of alkyl halides is 6. The zero-order chi connectivity index (χ0) is 26.1. The van der Waals surface area contributed by atoms with Crippen LogP contribution < -0.4 is 0 Å². The summed E-state index contributed by atoms with van der Waals surface area (Å²) in [7, 11) is -2.07. The van der Waals surface area contributed by atoms with Gasteiger partial charge in [0.15, 0.2) is 19.2 Å². The standard InChI is InChI=1S/C21H22ClF6N3O2Si/c1-19(2,3)34(4,5)33-8-6-7-16(32)17-18(22)31(30-29-17)12-13-9-14(20(23,24)25)11-15(10-13)21(26,27)28/h9-11H,8,12H2,1-5H3. The van der Waals surface area contributed by atoms with Gasteiger partial charge in [-0.05, 0) is 47.8 Å². The van der Waals surface area contributed by atoms with E-state index in [1.54, 1.807) is 0 Å². The molecule has 0 aliphatic rings. The van der Waals surface area contributed by atoms with Crippen LogP contribution in [0.1, 0.15) is 48.0 Å². The first-order valence-electron chi connectivity index (χ1n) is 9.87. The van der Waals surface area contributed by atoms with Gasteiger partial charge in [0, 0.05) is 0 Å². The Hall–Kier alpha value is -2.36. The Kier molecular flexibility index (Phi) is 7.96. The Morgan fingerprint density at radius 3 is 2.06 bits per heavy atom. The summed E-state index contributed by atoms with van der Waals surface area (Å²) in [5.74, 6) is 4.07. The van der Waals surface area contributed by atoms with Gasteiger partial charge in [-0.25, -0.2) is 4.68 Å². The summed E-state index contributed by atoms with van der Waals surface area (Å²) in [4.78, 5) is 12.3. The molecule has 1 aromatic carbocycles. The normalized spacial score (nSPS) is 12.9. The van der Waals surface area contributed by atoms with E-state index >= 15 is 0 Å². The molecule has 0 saturated carbocycles. The van der Waals surface area contributed by atoms with E-state index in [2.05, 4.69) is 22.2 Å². The highest BCUT2D eigenvalue weighted by Crippen LogP contribution is 2.37. The zero-order valence-electron chi connectivity index (χ0n) is 19.0. The maximum absolute atomic E-state index is 13.1. The molecule has 0 unspecified atom stereocenters. The minimum Gasteiger partial charge on any atom is -0.406 e. The summed E-state index contributed by atoms with van der Waals surface area (Å²) in [6, 6.07) is 1.11. The molecule has 1 heterocycles. The van der Waals surface area contributed by atoms with Crippen LogP contribution in [0.2, 0.25) is 23.3 Å². The van der Waals surface area contributed by atoms with Crippen LogP contribution in [0.15, 0.2) is 18.2 Å². The lowest BCUT2D eigenvalue weighted by atomic mass is 10.0. The van der Waals surface area contributed by atoms with Gasteiger partial charge in [-0.2, -0.15) is 26.3 Å². The summed E-state index contributed by atoms with van der Waals surface area (Å²) < 4.78 is 85.0. The van der Waals surface area contributed by atoms with Crippen molar-refractivity contribution in [1.82, 2.24) is 15.0 Å². The fourth-order valence-corrected chi connectivity index (χ4v) is 3.52. The highest BCUT2D eigenvalue weighted by molar-refractivity contribution is 6.74. The van der Waals surface area contributed by atoms with Gasteiger partial charge in [-0.15, -0.1) is 5.10 Å². The number of hydrogen-bond acceptors (Lipinski definition) is 4. The summed E-state index contributed by atoms with van der Waals surface area (Å²) in [5.41, 5.74) is -3.69. The number of carbonyl (C=O) groups is 1. The van der Waals surface area contributed by atoms with E-state index in [-0.39, 0.29) is 34.1 Å². The Balaban J connectivity index is 2.23. The molecular formula is C21H22ClF6N3O2Si. The third kappa shape index (κ3) is 6.83. The number of nitrogens with zero attached hydrogens (tertiary/aromatic N) is 3. The molecule has 0 amide bonds. The van der Waals surface area contributed by atoms with E-state index in [1.807, 2.05) is 33.9 Å². The van der Waals surface area contributed by atoms with Gasteiger partial charge in [0.2, 0.25) is 0 Å². The molecule has 2 aromatic rings. The van der Waals surface area contributed by atoms with Crippen LogP contribution >= 0.6 is 11.6 Å². The van der Waals surface area contributed by atoms with Crippen LogP contribution in [-0.4, -0.2) is 35.7 Å². The number of ketones is 1.